The molecule has 3 aromatic rings. The Balaban J connectivity index is 1.54. The first-order chi connectivity index (χ1) is 15.5. The number of hydrogen-bond acceptors (Lipinski definition) is 7. The van der Waals surface area contributed by atoms with Crippen molar-refractivity contribution in [3.63, 3.8) is 0 Å². The zero-order chi connectivity index (χ0) is 22.7. The number of rotatable bonds is 7. The number of carbonyl (C=O) groups is 2. The summed E-state index contributed by atoms with van der Waals surface area (Å²) in [5, 5.41) is 6.66. The Morgan fingerprint density at radius 2 is 1.84 bits per heavy atom. The Morgan fingerprint density at radius 1 is 1.03 bits per heavy atom. The fraction of sp³-hybridized carbons (Fsp3) is 0.261. The van der Waals surface area contributed by atoms with Gasteiger partial charge in [-0.1, -0.05) is 5.16 Å². The molecule has 1 fully saturated rings. The zero-order valence-electron chi connectivity index (χ0n) is 18.0. The van der Waals surface area contributed by atoms with E-state index >= 15 is 0 Å². The third-order valence-corrected chi connectivity index (χ3v) is 5.22. The largest absolute Gasteiger partial charge is 0.497 e. The standard InChI is InChI=1S/C23H23N3O6/c1-29-15-7-9-19(30-2)16(12-15)20-13-17(25-32-20)23(28)24-14-6-8-18(21(11-14)31-3)26-10-4-5-22(26)27/h6-9,11-13H,4-5,10H2,1-3H3,(H,24,28). The number of carbonyl (C=O) groups excluding carboxylic acids is 2. The van der Waals surface area contributed by atoms with Gasteiger partial charge in [0.05, 0.1) is 32.6 Å². The summed E-state index contributed by atoms with van der Waals surface area (Å²) in [7, 11) is 4.63. The van der Waals surface area contributed by atoms with Gasteiger partial charge in [0.25, 0.3) is 5.91 Å². The lowest BCUT2D eigenvalue weighted by Crippen LogP contribution is -2.24. The van der Waals surface area contributed by atoms with E-state index in [1.807, 2.05) is 0 Å². The van der Waals surface area contributed by atoms with Gasteiger partial charge < -0.3 is 29.0 Å². The highest BCUT2D eigenvalue weighted by atomic mass is 16.5. The average Bonchev–Trinajstić information content (AvgIpc) is 3.48. The molecule has 0 aliphatic carbocycles. The highest BCUT2D eigenvalue weighted by molar-refractivity contribution is 6.04. The van der Waals surface area contributed by atoms with E-state index in [1.165, 1.54) is 13.2 Å². The minimum Gasteiger partial charge on any atom is -0.497 e. The number of nitrogens with one attached hydrogen (secondary N) is 1. The fourth-order valence-electron chi connectivity index (χ4n) is 3.59. The van der Waals surface area contributed by atoms with Gasteiger partial charge in [-0.25, -0.2) is 0 Å². The molecule has 1 aliphatic rings. The predicted octanol–water partition coefficient (Wildman–Crippen LogP) is 3.75. The second-order valence-electron chi connectivity index (χ2n) is 7.13. The first-order valence-electron chi connectivity index (χ1n) is 10.0. The van der Waals surface area contributed by atoms with Crippen LogP contribution in [0.3, 0.4) is 0 Å². The van der Waals surface area contributed by atoms with Crippen LogP contribution < -0.4 is 24.4 Å². The lowest BCUT2D eigenvalue weighted by atomic mass is 10.1. The SMILES string of the molecule is COc1ccc(OC)c(-c2cc(C(=O)Nc3ccc(N4CCCC4=O)c(OC)c3)no2)c1. The van der Waals surface area contributed by atoms with E-state index in [0.29, 0.717) is 52.9 Å². The van der Waals surface area contributed by atoms with E-state index < -0.39 is 5.91 Å². The molecule has 2 aromatic carbocycles. The van der Waals surface area contributed by atoms with Crippen LogP contribution in [0.15, 0.2) is 47.0 Å². The summed E-state index contributed by atoms with van der Waals surface area (Å²) >= 11 is 0. The van der Waals surface area contributed by atoms with Gasteiger partial charge in [0.2, 0.25) is 5.91 Å². The van der Waals surface area contributed by atoms with Crippen molar-refractivity contribution in [2.45, 2.75) is 12.8 Å². The van der Waals surface area contributed by atoms with Gasteiger partial charge in [-0.05, 0) is 36.8 Å². The Hall–Kier alpha value is -4.01. The van der Waals surface area contributed by atoms with Crippen molar-refractivity contribution in [2.24, 2.45) is 0 Å². The summed E-state index contributed by atoms with van der Waals surface area (Å²) in [4.78, 5) is 26.5. The van der Waals surface area contributed by atoms with Crippen LogP contribution in [0.5, 0.6) is 17.2 Å². The number of methoxy groups -OCH3 is 3. The number of aromatic nitrogens is 1. The van der Waals surface area contributed by atoms with Gasteiger partial charge in [-0.2, -0.15) is 0 Å². The van der Waals surface area contributed by atoms with Crippen LogP contribution in [0.2, 0.25) is 0 Å². The van der Waals surface area contributed by atoms with E-state index in [0.717, 1.165) is 6.42 Å². The van der Waals surface area contributed by atoms with E-state index in [2.05, 4.69) is 10.5 Å². The molecule has 0 saturated carbocycles. The van der Waals surface area contributed by atoms with Gasteiger partial charge in [0.15, 0.2) is 11.5 Å². The van der Waals surface area contributed by atoms with Crippen LogP contribution in [0.1, 0.15) is 23.3 Å². The summed E-state index contributed by atoms with van der Waals surface area (Å²) < 4.78 is 21.4. The molecule has 1 N–H and O–H groups in total. The van der Waals surface area contributed by atoms with Gasteiger partial charge in [0.1, 0.15) is 17.2 Å². The number of benzene rings is 2. The van der Waals surface area contributed by atoms with E-state index in [9.17, 15) is 9.59 Å². The molecule has 2 amide bonds. The van der Waals surface area contributed by atoms with Crippen molar-refractivity contribution in [2.75, 3.05) is 38.1 Å². The summed E-state index contributed by atoms with van der Waals surface area (Å²) in [6.07, 6.45) is 1.33. The maximum absolute atomic E-state index is 12.7. The molecule has 4 rings (SSSR count). The number of amides is 2. The molecule has 32 heavy (non-hydrogen) atoms. The molecule has 9 heteroatoms. The van der Waals surface area contributed by atoms with Crippen LogP contribution in [0, 0.1) is 0 Å². The number of hydrogen-bond donors (Lipinski definition) is 1. The monoisotopic (exact) mass is 437 g/mol. The quantitative estimate of drug-likeness (QED) is 0.600. The topological polar surface area (TPSA) is 103 Å². The second-order valence-corrected chi connectivity index (χ2v) is 7.13. The first kappa shape index (κ1) is 21.2. The van der Waals surface area contributed by atoms with Crippen LogP contribution in [-0.4, -0.2) is 44.8 Å². The van der Waals surface area contributed by atoms with Crippen LogP contribution in [-0.2, 0) is 4.79 Å². The third kappa shape index (κ3) is 4.09. The Kier molecular flexibility index (Phi) is 5.98. The molecule has 1 saturated heterocycles. The lowest BCUT2D eigenvalue weighted by Gasteiger charge is -2.19. The summed E-state index contributed by atoms with van der Waals surface area (Å²) in [6, 6.07) is 11.9. The van der Waals surface area contributed by atoms with E-state index in [-0.39, 0.29) is 11.6 Å². The average molecular weight is 437 g/mol. The molecule has 2 heterocycles. The summed E-state index contributed by atoms with van der Waals surface area (Å²) in [5.74, 6) is 1.65. The van der Waals surface area contributed by atoms with Crippen LogP contribution in [0.25, 0.3) is 11.3 Å². The minimum atomic E-state index is -0.450. The fourth-order valence-corrected chi connectivity index (χ4v) is 3.59. The highest BCUT2D eigenvalue weighted by Gasteiger charge is 2.25. The zero-order valence-corrected chi connectivity index (χ0v) is 18.0. The Morgan fingerprint density at radius 3 is 2.53 bits per heavy atom. The molecular weight excluding hydrogens is 414 g/mol. The normalized spacial score (nSPS) is 13.2. The molecular formula is C23H23N3O6. The van der Waals surface area contributed by atoms with Crippen molar-refractivity contribution in [1.82, 2.24) is 5.16 Å². The number of nitrogens with zero attached hydrogens (tertiary/aromatic N) is 2. The van der Waals surface area contributed by atoms with E-state index in [1.54, 1.807) is 55.5 Å². The van der Waals surface area contributed by atoms with Gasteiger partial charge in [-0.3, -0.25) is 9.59 Å². The smallest absolute Gasteiger partial charge is 0.277 e. The van der Waals surface area contributed by atoms with Gasteiger partial charge in [-0.15, -0.1) is 0 Å². The maximum Gasteiger partial charge on any atom is 0.277 e. The molecule has 0 unspecified atom stereocenters. The van der Waals surface area contributed by atoms with Crippen molar-refractivity contribution in [3.8, 4) is 28.6 Å². The number of anilines is 2. The van der Waals surface area contributed by atoms with Crippen molar-refractivity contribution in [1.29, 1.82) is 0 Å². The minimum absolute atomic E-state index is 0.0585. The Labute approximate surface area is 184 Å². The van der Waals surface area contributed by atoms with Crippen LogP contribution >= 0.6 is 0 Å². The molecule has 166 valence electrons. The molecule has 1 aromatic heterocycles. The molecule has 1 aliphatic heterocycles. The predicted molar refractivity (Wildman–Crippen MR) is 118 cm³/mol. The van der Waals surface area contributed by atoms with Crippen LogP contribution in [0.4, 0.5) is 11.4 Å². The molecule has 0 bridgehead atoms. The first-order valence-corrected chi connectivity index (χ1v) is 10.0. The second kappa shape index (κ2) is 9.01. The number of ether oxygens (including phenoxy) is 3. The maximum atomic E-state index is 12.7. The molecule has 0 spiro atoms. The molecule has 0 radical (unpaired) electrons. The van der Waals surface area contributed by atoms with Crippen molar-refractivity contribution in [3.05, 3.63) is 48.2 Å². The molecule has 9 nitrogen and oxygen atoms in total. The van der Waals surface area contributed by atoms with E-state index in [4.69, 9.17) is 18.7 Å². The summed E-state index contributed by atoms with van der Waals surface area (Å²) in [5.41, 5.74) is 1.90. The third-order valence-electron chi connectivity index (χ3n) is 5.22. The van der Waals surface area contributed by atoms with Crippen molar-refractivity contribution >= 4 is 23.2 Å². The van der Waals surface area contributed by atoms with Gasteiger partial charge >= 0.3 is 0 Å². The van der Waals surface area contributed by atoms with Crippen molar-refractivity contribution < 1.29 is 28.3 Å². The summed E-state index contributed by atoms with van der Waals surface area (Å²) in [6.45, 7) is 0.649. The highest BCUT2D eigenvalue weighted by Crippen LogP contribution is 2.35. The lowest BCUT2D eigenvalue weighted by molar-refractivity contribution is -0.117. The van der Waals surface area contributed by atoms with Gasteiger partial charge in [0, 0.05) is 30.8 Å². The molecule has 0 atom stereocenters. The Bertz CT molecular complexity index is 1160.